The highest BCUT2D eigenvalue weighted by molar-refractivity contribution is 7.86. The van der Waals surface area contributed by atoms with E-state index in [4.69, 9.17) is 10.8 Å². The molecule has 0 spiro atoms. The number of carboxylic acids is 1. The molecule has 0 saturated carbocycles. The quantitative estimate of drug-likeness (QED) is 0.548. The van der Waals surface area contributed by atoms with Crippen molar-refractivity contribution in [2.45, 2.75) is 26.2 Å². The van der Waals surface area contributed by atoms with Gasteiger partial charge in [0, 0.05) is 20.1 Å². The van der Waals surface area contributed by atoms with Crippen LogP contribution in [0.4, 0.5) is 0 Å². The Balaban J connectivity index is 4.83. The molecular formula is C10H21N3O5S. The van der Waals surface area contributed by atoms with E-state index in [1.165, 1.54) is 7.05 Å². The maximum absolute atomic E-state index is 12.1. The molecule has 0 heterocycles. The summed E-state index contributed by atoms with van der Waals surface area (Å²) >= 11 is 0. The lowest BCUT2D eigenvalue weighted by Gasteiger charge is -2.26. The molecule has 0 saturated heterocycles. The molecule has 0 fully saturated rings. The number of hydrogen-bond acceptors (Lipinski definition) is 4. The van der Waals surface area contributed by atoms with Crippen molar-refractivity contribution >= 4 is 22.1 Å². The van der Waals surface area contributed by atoms with E-state index in [1.54, 1.807) is 0 Å². The van der Waals surface area contributed by atoms with Crippen LogP contribution in [-0.2, 0) is 19.8 Å². The number of nitrogens with two attached hydrogens (primary N) is 1. The number of primary amides is 1. The monoisotopic (exact) mass is 295 g/mol. The van der Waals surface area contributed by atoms with Crippen molar-refractivity contribution in [1.82, 2.24) is 8.61 Å². The lowest BCUT2D eigenvalue weighted by Crippen LogP contribution is -2.46. The summed E-state index contributed by atoms with van der Waals surface area (Å²) in [5, 5.41) is 8.54. The van der Waals surface area contributed by atoms with Gasteiger partial charge in [-0.25, -0.2) is 0 Å². The number of carbonyl (C=O) groups is 2. The van der Waals surface area contributed by atoms with Gasteiger partial charge in [-0.2, -0.15) is 17.0 Å². The minimum Gasteiger partial charge on any atom is -0.481 e. The SMILES string of the molecule is CCCCN(CC(N)=O)S(=O)(=O)N(C)CCC(=O)O. The molecule has 0 unspecified atom stereocenters. The van der Waals surface area contributed by atoms with Gasteiger partial charge < -0.3 is 10.8 Å². The molecule has 112 valence electrons. The van der Waals surface area contributed by atoms with Crippen LogP contribution in [0.1, 0.15) is 26.2 Å². The van der Waals surface area contributed by atoms with Gasteiger partial charge in [0.15, 0.2) is 0 Å². The maximum Gasteiger partial charge on any atom is 0.304 e. The van der Waals surface area contributed by atoms with Crippen molar-refractivity contribution < 1.29 is 23.1 Å². The second-order valence-electron chi connectivity index (χ2n) is 4.13. The first kappa shape index (κ1) is 17.8. The van der Waals surface area contributed by atoms with Gasteiger partial charge in [0.1, 0.15) is 0 Å². The van der Waals surface area contributed by atoms with Gasteiger partial charge in [0.25, 0.3) is 10.2 Å². The zero-order valence-corrected chi connectivity index (χ0v) is 12.0. The van der Waals surface area contributed by atoms with Crippen LogP contribution in [0.2, 0.25) is 0 Å². The van der Waals surface area contributed by atoms with E-state index >= 15 is 0 Å². The van der Waals surface area contributed by atoms with Crippen LogP contribution in [-0.4, -0.2) is 60.7 Å². The summed E-state index contributed by atoms with van der Waals surface area (Å²) in [7, 11) is -2.59. The highest BCUT2D eigenvalue weighted by Gasteiger charge is 2.27. The summed E-state index contributed by atoms with van der Waals surface area (Å²) in [5.41, 5.74) is 5.03. The summed E-state index contributed by atoms with van der Waals surface area (Å²) in [6, 6.07) is 0. The molecule has 0 radical (unpaired) electrons. The number of unbranched alkanes of at least 4 members (excludes halogenated alkanes) is 1. The maximum atomic E-state index is 12.1. The van der Waals surface area contributed by atoms with Gasteiger partial charge in [-0.3, -0.25) is 9.59 Å². The third-order valence-electron chi connectivity index (χ3n) is 2.45. The van der Waals surface area contributed by atoms with Gasteiger partial charge in [-0.15, -0.1) is 0 Å². The van der Waals surface area contributed by atoms with Gasteiger partial charge in [0.05, 0.1) is 13.0 Å². The Kier molecular flexibility index (Phi) is 7.57. The summed E-state index contributed by atoms with van der Waals surface area (Å²) in [6.07, 6.45) is 1.07. The lowest BCUT2D eigenvalue weighted by molar-refractivity contribution is -0.137. The van der Waals surface area contributed by atoms with Crippen LogP contribution < -0.4 is 5.73 Å². The highest BCUT2D eigenvalue weighted by atomic mass is 32.2. The smallest absolute Gasteiger partial charge is 0.304 e. The molecule has 0 rings (SSSR count). The second-order valence-corrected chi connectivity index (χ2v) is 6.16. The molecule has 9 heteroatoms. The predicted molar refractivity (Wildman–Crippen MR) is 69.5 cm³/mol. The van der Waals surface area contributed by atoms with E-state index in [9.17, 15) is 18.0 Å². The van der Waals surface area contributed by atoms with Crippen molar-refractivity contribution in [2.24, 2.45) is 5.73 Å². The van der Waals surface area contributed by atoms with Crippen LogP contribution >= 0.6 is 0 Å². The molecule has 0 aliphatic heterocycles. The van der Waals surface area contributed by atoms with Gasteiger partial charge >= 0.3 is 5.97 Å². The molecular weight excluding hydrogens is 274 g/mol. The lowest BCUT2D eigenvalue weighted by atomic mass is 10.3. The number of carbonyl (C=O) groups excluding carboxylic acids is 1. The van der Waals surface area contributed by atoms with Gasteiger partial charge in [-0.1, -0.05) is 13.3 Å². The standard InChI is InChI=1S/C10H21N3O5S/c1-3-4-6-13(8-9(11)14)19(17,18)12(2)7-5-10(15)16/h3-8H2,1-2H3,(H2,11,14)(H,15,16). The Labute approximate surface area is 113 Å². The number of amides is 1. The number of rotatable bonds is 10. The van der Waals surface area contributed by atoms with Crippen LogP contribution in [0.5, 0.6) is 0 Å². The summed E-state index contributed by atoms with van der Waals surface area (Å²) in [4.78, 5) is 21.4. The summed E-state index contributed by atoms with van der Waals surface area (Å²) < 4.78 is 26.2. The summed E-state index contributed by atoms with van der Waals surface area (Å²) in [6.45, 7) is 1.52. The van der Waals surface area contributed by atoms with Crippen molar-refractivity contribution in [3.05, 3.63) is 0 Å². The van der Waals surface area contributed by atoms with Crippen LogP contribution in [0, 0.1) is 0 Å². The highest BCUT2D eigenvalue weighted by Crippen LogP contribution is 2.08. The van der Waals surface area contributed by atoms with E-state index in [-0.39, 0.29) is 19.5 Å². The van der Waals surface area contributed by atoms with Crippen molar-refractivity contribution in [3.8, 4) is 0 Å². The Hall–Kier alpha value is -1.19. The Morgan fingerprint density at radius 1 is 1.26 bits per heavy atom. The fourth-order valence-corrected chi connectivity index (χ4v) is 2.72. The van der Waals surface area contributed by atoms with E-state index in [1.807, 2.05) is 6.92 Å². The average Bonchev–Trinajstić information content (AvgIpc) is 2.30. The molecule has 0 aromatic heterocycles. The molecule has 3 N–H and O–H groups in total. The zero-order chi connectivity index (χ0) is 15.1. The molecule has 0 aliphatic carbocycles. The molecule has 0 bridgehead atoms. The van der Waals surface area contributed by atoms with Crippen LogP contribution in [0.15, 0.2) is 0 Å². The van der Waals surface area contributed by atoms with E-state index in [0.29, 0.717) is 6.42 Å². The molecule has 8 nitrogen and oxygen atoms in total. The topological polar surface area (TPSA) is 121 Å². The van der Waals surface area contributed by atoms with Crippen LogP contribution in [0.25, 0.3) is 0 Å². The number of hydrogen-bond donors (Lipinski definition) is 2. The fourth-order valence-electron chi connectivity index (χ4n) is 1.35. The minimum atomic E-state index is -3.86. The molecule has 1 amide bonds. The van der Waals surface area contributed by atoms with E-state index in [0.717, 1.165) is 15.0 Å². The third-order valence-corrected chi connectivity index (χ3v) is 4.39. The van der Waals surface area contributed by atoms with Crippen molar-refractivity contribution in [2.75, 3.05) is 26.7 Å². The number of nitrogens with zero attached hydrogens (tertiary/aromatic N) is 2. The van der Waals surface area contributed by atoms with Gasteiger partial charge in [0.2, 0.25) is 5.91 Å². The molecule has 0 aliphatic rings. The van der Waals surface area contributed by atoms with Crippen LogP contribution in [0.3, 0.4) is 0 Å². The van der Waals surface area contributed by atoms with E-state index < -0.39 is 28.6 Å². The molecule has 19 heavy (non-hydrogen) atoms. The normalized spacial score (nSPS) is 12.0. The molecule has 0 aromatic rings. The molecule has 0 aromatic carbocycles. The number of aliphatic carboxylic acids is 1. The average molecular weight is 295 g/mol. The minimum absolute atomic E-state index is 0.154. The zero-order valence-electron chi connectivity index (χ0n) is 11.2. The van der Waals surface area contributed by atoms with Gasteiger partial charge in [-0.05, 0) is 6.42 Å². The largest absolute Gasteiger partial charge is 0.481 e. The second kappa shape index (κ2) is 8.08. The third kappa shape index (κ3) is 6.50. The predicted octanol–water partition coefficient (Wildman–Crippen LogP) is -0.775. The Bertz CT molecular complexity index is 409. The van der Waals surface area contributed by atoms with Crippen molar-refractivity contribution in [1.29, 1.82) is 0 Å². The van der Waals surface area contributed by atoms with Crippen molar-refractivity contribution in [3.63, 3.8) is 0 Å². The Morgan fingerprint density at radius 2 is 1.84 bits per heavy atom. The Morgan fingerprint density at radius 3 is 2.26 bits per heavy atom. The van der Waals surface area contributed by atoms with E-state index in [2.05, 4.69) is 0 Å². The number of carboxylic acid groups (broad SMARTS) is 1. The fraction of sp³-hybridized carbons (Fsp3) is 0.800. The first-order valence-corrected chi connectivity index (χ1v) is 7.33. The first-order valence-electron chi connectivity index (χ1n) is 5.93. The molecule has 0 atom stereocenters. The first-order chi connectivity index (χ1) is 8.71. The summed E-state index contributed by atoms with van der Waals surface area (Å²) in [5.74, 6) is -1.83.